The van der Waals surface area contributed by atoms with Crippen molar-refractivity contribution in [2.24, 2.45) is 0 Å². The molecule has 1 atom stereocenters. The zero-order valence-corrected chi connectivity index (χ0v) is 9.58. The first-order valence-electron chi connectivity index (χ1n) is 5.18. The molecule has 2 nitrogen and oxygen atoms in total. The van der Waals surface area contributed by atoms with E-state index in [-0.39, 0.29) is 0 Å². The standard InChI is InChI=1S/C10H15NO.C2H6/c1-9(11-2)8-12-10-6-4-3-5-7-10;1-2/h3-7,9,11H,8H2,1-2H3;1-2H3. The van der Waals surface area contributed by atoms with Crippen molar-refractivity contribution in [3.8, 4) is 5.75 Å². The summed E-state index contributed by atoms with van der Waals surface area (Å²) in [6, 6.07) is 10.2. The van der Waals surface area contributed by atoms with E-state index >= 15 is 0 Å². The van der Waals surface area contributed by atoms with Gasteiger partial charge in [0.15, 0.2) is 0 Å². The highest BCUT2D eigenvalue weighted by Crippen LogP contribution is 2.07. The van der Waals surface area contributed by atoms with Crippen LogP contribution in [0.3, 0.4) is 0 Å². The van der Waals surface area contributed by atoms with Crippen molar-refractivity contribution in [3.63, 3.8) is 0 Å². The van der Waals surface area contributed by atoms with Gasteiger partial charge in [0.2, 0.25) is 0 Å². The van der Waals surface area contributed by atoms with Crippen molar-refractivity contribution in [2.45, 2.75) is 26.8 Å². The molecule has 0 saturated carbocycles. The lowest BCUT2D eigenvalue weighted by Crippen LogP contribution is -2.28. The number of hydrogen-bond donors (Lipinski definition) is 1. The molecule has 0 aliphatic heterocycles. The van der Waals surface area contributed by atoms with Crippen LogP contribution in [0.4, 0.5) is 0 Å². The fraction of sp³-hybridized carbons (Fsp3) is 0.500. The van der Waals surface area contributed by atoms with Crippen molar-refractivity contribution in [1.82, 2.24) is 5.32 Å². The van der Waals surface area contributed by atoms with E-state index in [1.165, 1.54) is 0 Å². The average Bonchev–Trinajstić information content (AvgIpc) is 2.30. The third-order valence-corrected chi connectivity index (χ3v) is 1.74. The Morgan fingerprint density at radius 2 is 1.79 bits per heavy atom. The Hall–Kier alpha value is -1.02. The molecular formula is C12H21NO. The summed E-state index contributed by atoms with van der Waals surface area (Å²) in [4.78, 5) is 0. The van der Waals surface area contributed by atoms with Crippen LogP contribution in [0.15, 0.2) is 30.3 Å². The van der Waals surface area contributed by atoms with E-state index in [1.807, 2.05) is 51.2 Å². The maximum Gasteiger partial charge on any atom is 0.119 e. The van der Waals surface area contributed by atoms with E-state index in [0.29, 0.717) is 12.6 Å². The number of rotatable bonds is 4. The SMILES string of the molecule is CC.CNC(C)COc1ccccc1. The predicted molar refractivity (Wildman–Crippen MR) is 61.8 cm³/mol. The highest BCUT2D eigenvalue weighted by atomic mass is 16.5. The Balaban J connectivity index is 0.000000791. The summed E-state index contributed by atoms with van der Waals surface area (Å²) >= 11 is 0. The van der Waals surface area contributed by atoms with Crippen LogP contribution in [-0.2, 0) is 0 Å². The molecule has 0 aliphatic carbocycles. The fourth-order valence-electron chi connectivity index (χ4n) is 0.821. The molecule has 1 aromatic carbocycles. The summed E-state index contributed by atoms with van der Waals surface area (Å²) in [6.07, 6.45) is 0. The molecule has 14 heavy (non-hydrogen) atoms. The van der Waals surface area contributed by atoms with Gasteiger partial charge in [0.05, 0.1) is 0 Å². The number of ether oxygens (including phenoxy) is 1. The number of likely N-dealkylation sites (N-methyl/N-ethyl adjacent to an activating group) is 1. The van der Waals surface area contributed by atoms with Crippen LogP contribution in [-0.4, -0.2) is 19.7 Å². The summed E-state index contributed by atoms with van der Waals surface area (Å²) in [5, 5.41) is 3.11. The molecule has 0 aliphatic rings. The minimum Gasteiger partial charge on any atom is -0.492 e. The smallest absolute Gasteiger partial charge is 0.119 e. The van der Waals surface area contributed by atoms with Gasteiger partial charge in [-0.3, -0.25) is 0 Å². The van der Waals surface area contributed by atoms with Crippen LogP contribution in [0.5, 0.6) is 5.75 Å². The van der Waals surface area contributed by atoms with Gasteiger partial charge in [-0.25, -0.2) is 0 Å². The van der Waals surface area contributed by atoms with E-state index in [9.17, 15) is 0 Å². The zero-order valence-electron chi connectivity index (χ0n) is 9.58. The lowest BCUT2D eigenvalue weighted by atomic mass is 10.3. The van der Waals surface area contributed by atoms with Gasteiger partial charge in [-0.2, -0.15) is 0 Å². The van der Waals surface area contributed by atoms with E-state index in [1.54, 1.807) is 0 Å². The monoisotopic (exact) mass is 195 g/mol. The first kappa shape index (κ1) is 13.0. The maximum atomic E-state index is 5.50. The second-order valence-electron chi connectivity index (χ2n) is 2.81. The lowest BCUT2D eigenvalue weighted by molar-refractivity contribution is 0.280. The zero-order chi connectivity index (χ0) is 10.8. The van der Waals surface area contributed by atoms with Crippen molar-refractivity contribution in [2.75, 3.05) is 13.7 Å². The van der Waals surface area contributed by atoms with Gasteiger partial charge in [-0.1, -0.05) is 32.0 Å². The molecule has 0 aromatic heterocycles. The molecule has 1 N–H and O–H groups in total. The molecule has 0 bridgehead atoms. The highest BCUT2D eigenvalue weighted by molar-refractivity contribution is 5.20. The quantitative estimate of drug-likeness (QED) is 0.797. The van der Waals surface area contributed by atoms with Crippen molar-refractivity contribution < 1.29 is 4.74 Å². The van der Waals surface area contributed by atoms with Crippen LogP contribution in [0.1, 0.15) is 20.8 Å². The molecule has 0 radical (unpaired) electrons. The Bertz CT molecular complexity index is 211. The normalized spacial score (nSPS) is 11.1. The topological polar surface area (TPSA) is 21.3 Å². The number of hydrogen-bond acceptors (Lipinski definition) is 2. The largest absolute Gasteiger partial charge is 0.492 e. The van der Waals surface area contributed by atoms with E-state index in [0.717, 1.165) is 5.75 Å². The van der Waals surface area contributed by atoms with Crippen LogP contribution in [0.2, 0.25) is 0 Å². The van der Waals surface area contributed by atoms with E-state index in [2.05, 4.69) is 12.2 Å². The van der Waals surface area contributed by atoms with Crippen molar-refractivity contribution >= 4 is 0 Å². The molecular weight excluding hydrogens is 174 g/mol. The van der Waals surface area contributed by atoms with Crippen LogP contribution in [0.25, 0.3) is 0 Å². The van der Waals surface area contributed by atoms with E-state index < -0.39 is 0 Å². The molecule has 80 valence electrons. The van der Waals surface area contributed by atoms with Gasteiger partial charge >= 0.3 is 0 Å². The van der Waals surface area contributed by atoms with Gasteiger partial charge in [0, 0.05) is 6.04 Å². The average molecular weight is 195 g/mol. The molecule has 2 heteroatoms. The lowest BCUT2D eigenvalue weighted by Gasteiger charge is -2.11. The van der Waals surface area contributed by atoms with Gasteiger partial charge < -0.3 is 10.1 Å². The number of benzene rings is 1. The maximum absolute atomic E-state index is 5.50. The molecule has 0 spiro atoms. The predicted octanol–water partition coefficient (Wildman–Crippen LogP) is 2.70. The van der Waals surface area contributed by atoms with Crippen LogP contribution >= 0.6 is 0 Å². The molecule has 0 fully saturated rings. The number of nitrogens with one attached hydrogen (secondary N) is 1. The summed E-state index contributed by atoms with van der Waals surface area (Å²) in [7, 11) is 1.93. The molecule has 0 heterocycles. The molecule has 0 saturated heterocycles. The first-order valence-corrected chi connectivity index (χ1v) is 5.18. The second-order valence-corrected chi connectivity index (χ2v) is 2.81. The Kier molecular flexibility index (Phi) is 7.95. The summed E-state index contributed by atoms with van der Waals surface area (Å²) < 4.78 is 5.50. The minimum atomic E-state index is 0.394. The molecule has 0 amide bonds. The number of para-hydroxylation sites is 1. The third-order valence-electron chi connectivity index (χ3n) is 1.74. The van der Waals surface area contributed by atoms with Crippen LogP contribution in [0, 0.1) is 0 Å². The molecule has 1 rings (SSSR count). The Morgan fingerprint density at radius 1 is 1.21 bits per heavy atom. The Labute approximate surface area is 87.3 Å². The van der Waals surface area contributed by atoms with Gasteiger partial charge in [0.25, 0.3) is 0 Å². The second kappa shape index (κ2) is 8.57. The summed E-state index contributed by atoms with van der Waals surface area (Å²) in [5.74, 6) is 0.930. The Morgan fingerprint density at radius 3 is 2.29 bits per heavy atom. The first-order chi connectivity index (χ1) is 6.83. The highest BCUT2D eigenvalue weighted by Gasteiger charge is 1.97. The van der Waals surface area contributed by atoms with Crippen molar-refractivity contribution in [3.05, 3.63) is 30.3 Å². The van der Waals surface area contributed by atoms with Crippen LogP contribution < -0.4 is 10.1 Å². The van der Waals surface area contributed by atoms with E-state index in [4.69, 9.17) is 4.74 Å². The van der Waals surface area contributed by atoms with Gasteiger partial charge in [0.1, 0.15) is 12.4 Å². The molecule has 1 unspecified atom stereocenters. The van der Waals surface area contributed by atoms with Crippen molar-refractivity contribution in [1.29, 1.82) is 0 Å². The minimum absolute atomic E-state index is 0.394. The van der Waals surface area contributed by atoms with Gasteiger partial charge in [-0.05, 0) is 26.1 Å². The fourth-order valence-corrected chi connectivity index (χ4v) is 0.821. The van der Waals surface area contributed by atoms with Gasteiger partial charge in [-0.15, -0.1) is 0 Å². The third kappa shape index (κ3) is 5.60. The molecule has 1 aromatic rings. The summed E-state index contributed by atoms with van der Waals surface area (Å²) in [5.41, 5.74) is 0. The summed E-state index contributed by atoms with van der Waals surface area (Å²) in [6.45, 7) is 6.80.